The number of thiophene rings is 1. The second-order valence-corrected chi connectivity index (χ2v) is 14.2. The molecule has 2 aromatic heterocycles. The molecular formula is C36H42N6O7S. The van der Waals surface area contributed by atoms with Gasteiger partial charge in [-0.15, -0.1) is 11.3 Å². The van der Waals surface area contributed by atoms with E-state index in [0.717, 1.165) is 21.5 Å². The van der Waals surface area contributed by atoms with Gasteiger partial charge >= 0.3 is 0 Å². The van der Waals surface area contributed by atoms with E-state index in [1.807, 2.05) is 51.2 Å². The van der Waals surface area contributed by atoms with Crippen LogP contribution >= 0.6 is 11.3 Å². The maximum Gasteiger partial charge on any atom is 0.265 e. The molecule has 6 rings (SSSR count). The summed E-state index contributed by atoms with van der Waals surface area (Å²) in [6.07, 6.45) is -1.46. The molecule has 0 aliphatic carbocycles. The Labute approximate surface area is 294 Å². The third-order valence-electron chi connectivity index (χ3n) is 9.17. The average molecular weight is 703 g/mol. The Kier molecular flexibility index (Phi) is 10.1. The molecule has 4 aromatic rings. The lowest BCUT2D eigenvalue weighted by Crippen LogP contribution is -2.56. The number of likely N-dealkylation sites (tertiary alicyclic amines) is 1. The number of nitrogens with one attached hydrogen (secondary N) is 2. The first-order valence-electron chi connectivity index (χ1n) is 16.7. The van der Waals surface area contributed by atoms with Crippen molar-refractivity contribution in [2.75, 3.05) is 33.3 Å². The number of β-amino-alcohol motifs (C(OH)–C–C–N with tert-alkyl or cyclic N) is 1. The number of hydrogen-bond acceptors (Lipinski definition) is 9. The molecule has 2 aliphatic rings. The maximum absolute atomic E-state index is 14.3. The molecule has 14 heteroatoms. The van der Waals surface area contributed by atoms with Gasteiger partial charge in [0.05, 0.1) is 30.7 Å². The molecule has 2 aliphatic heterocycles. The summed E-state index contributed by atoms with van der Waals surface area (Å²) >= 11 is 1.29. The first kappa shape index (κ1) is 34.9. The first-order chi connectivity index (χ1) is 23.9. The molecule has 0 saturated carbocycles. The number of aliphatic hydroxyl groups is 1. The number of carbonyl (C=O) groups excluding carboxylic acids is 4. The van der Waals surface area contributed by atoms with E-state index >= 15 is 0 Å². The predicted molar refractivity (Wildman–Crippen MR) is 188 cm³/mol. The van der Waals surface area contributed by atoms with E-state index in [0.29, 0.717) is 23.6 Å². The second-order valence-electron chi connectivity index (χ2n) is 13.2. The zero-order valence-electron chi connectivity index (χ0n) is 28.7. The van der Waals surface area contributed by atoms with Crippen LogP contribution in [0.1, 0.15) is 47.2 Å². The van der Waals surface area contributed by atoms with E-state index in [1.54, 1.807) is 29.8 Å². The maximum atomic E-state index is 14.3. The Bertz CT molecular complexity index is 1910. The number of benzene rings is 2. The van der Waals surface area contributed by atoms with Gasteiger partial charge < -0.3 is 35.0 Å². The zero-order chi connectivity index (χ0) is 35.7. The van der Waals surface area contributed by atoms with Gasteiger partial charge in [-0.1, -0.05) is 44.2 Å². The molecule has 2 bridgehead atoms. The summed E-state index contributed by atoms with van der Waals surface area (Å²) in [5.41, 5.74) is 1.94. The van der Waals surface area contributed by atoms with E-state index in [4.69, 9.17) is 9.47 Å². The van der Waals surface area contributed by atoms with Gasteiger partial charge in [0.2, 0.25) is 5.91 Å². The molecule has 4 heterocycles. The largest absolute Gasteiger partial charge is 0.493 e. The van der Waals surface area contributed by atoms with E-state index in [2.05, 4.69) is 15.7 Å². The highest BCUT2D eigenvalue weighted by atomic mass is 32.1. The highest BCUT2D eigenvalue weighted by Gasteiger charge is 2.37. The van der Waals surface area contributed by atoms with Crippen LogP contribution in [0.15, 0.2) is 54.6 Å². The molecule has 0 spiro atoms. The fourth-order valence-corrected chi connectivity index (χ4v) is 7.37. The molecule has 0 unspecified atom stereocenters. The van der Waals surface area contributed by atoms with Crippen molar-refractivity contribution in [2.45, 2.75) is 51.5 Å². The van der Waals surface area contributed by atoms with Crippen LogP contribution in [0, 0.1) is 5.92 Å². The summed E-state index contributed by atoms with van der Waals surface area (Å²) in [7, 11) is 3.28. The van der Waals surface area contributed by atoms with Crippen molar-refractivity contribution >= 4 is 45.2 Å². The lowest BCUT2D eigenvalue weighted by molar-refractivity contribution is -0.139. The highest BCUT2D eigenvalue weighted by molar-refractivity contribution is 7.20. The van der Waals surface area contributed by atoms with Crippen molar-refractivity contribution in [2.24, 2.45) is 13.0 Å². The number of nitrogens with zero attached hydrogens (tertiary/aromatic N) is 4. The van der Waals surface area contributed by atoms with Gasteiger partial charge in [-0.2, -0.15) is 5.10 Å². The molecule has 1 fully saturated rings. The summed E-state index contributed by atoms with van der Waals surface area (Å²) in [4.78, 5) is 59.7. The summed E-state index contributed by atoms with van der Waals surface area (Å²) in [6, 6.07) is 14.8. The molecule has 13 nitrogen and oxygen atoms in total. The van der Waals surface area contributed by atoms with Gasteiger partial charge in [0.15, 0.2) is 17.6 Å². The van der Waals surface area contributed by atoms with Crippen molar-refractivity contribution < 1.29 is 33.8 Å². The monoisotopic (exact) mass is 702 g/mol. The molecule has 0 radical (unpaired) electrons. The molecule has 4 atom stereocenters. The first-order valence-corrected chi connectivity index (χ1v) is 17.5. The standard InChI is InChI=1S/C36H42N6O7S/c1-20(2)26-18-42(34(46)29-16-25-31(22-9-7-6-8-10-22)39-40(4)36(25)50-29)19-30(44)37-21(3)32(35(47)41-14-13-24(43)17-41)49-28-15-23(33(45)38-26)11-12-27(28)48-5/h6-12,15-16,20-21,24,26,32,43H,13-14,17-19H2,1-5H3,(H,37,44)(H,38,45)/t21-,24+,26+,32+/m0/s1. The number of rotatable bonds is 5. The Morgan fingerprint density at radius 1 is 1.04 bits per heavy atom. The molecule has 2 aromatic carbocycles. The summed E-state index contributed by atoms with van der Waals surface area (Å²) in [6.45, 7) is 5.70. The number of hydrogen-bond donors (Lipinski definition) is 3. The molecule has 50 heavy (non-hydrogen) atoms. The minimum absolute atomic E-state index is 0.0512. The van der Waals surface area contributed by atoms with Crippen molar-refractivity contribution in [3.8, 4) is 22.8 Å². The smallest absolute Gasteiger partial charge is 0.265 e. The van der Waals surface area contributed by atoms with Crippen LogP contribution in [0.3, 0.4) is 0 Å². The van der Waals surface area contributed by atoms with Crippen LogP contribution < -0.4 is 20.1 Å². The van der Waals surface area contributed by atoms with Gasteiger partial charge in [-0.3, -0.25) is 23.9 Å². The molecular weight excluding hydrogens is 660 g/mol. The number of fused-ring (bicyclic) bond motifs is 3. The molecule has 1 saturated heterocycles. The minimum Gasteiger partial charge on any atom is -0.493 e. The summed E-state index contributed by atoms with van der Waals surface area (Å²) in [5.74, 6) is -1.37. The quantitative estimate of drug-likeness (QED) is 0.287. The van der Waals surface area contributed by atoms with Crippen LogP contribution in [0.25, 0.3) is 21.5 Å². The number of carbonyl (C=O) groups is 4. The van der Waals surface area contributed by atoms with Crippen molar-refractivity contribution in [3.63, 3.8) is 0 Å². The van der Waals surface area contributed by atoms with Gasteiger partial charge in [0.1, 0.15) is 10.5 Å². The number of amides is 4. The Hall–Kier alpha value is -4.95. The Balaban J connectivity index is 1.37. The number of aromatic nitrogens is 2. The topological polar surface area (TPSA) is 155 Å². The van der Waals surface area contributed by atoms with Crippen molar-refractivity contribution in [1.82, 2.24) is 30.2 Å². The lowest BCUT2D eigenvalue weighted by Gasteiger charge is -2.32. The normalized spacial score (nSPS) is 21.8. The van der Waals surface area contributed by atoms with Crippen LogP contribution in [-0.2, 0) is 16.6 Å². The second kappa shape index (κ2) is 14.5. The third-order valence-corrected chi connectivity index (χ3v) is 10.4. The van der Waals surface area contributed by atoms with Crippen LogP contribution in [0.4, 0.5) is 0 Å². The zero-order valence-corrected chi connectivity index (χ0v) is 29.5. The Morgan fingerprint density at radius 3 is 2.48 bits per heavy atom. The van der Waals surface area contributed by atoms with E-state index in [-0.39, 0.29) is 42.8 Å². The third kappa shape index (κ3) is 7.17. The molecule has 4 amide bonds. The van der Waals surface area contributed by atoms with Crippen molar-refractivity contribution in [3.05, 3.63) is 65.0 Å². The van der Waals surface area contributed by atoms with Gasteiger partial charge in [0, 0.05) is 49.2 Å². The highest BCUT2D eigenvalue weighted by Crippen LogP contribution is 2.35. The van der Waals surface area contributed by atoms with E-state index in [1.165, 1.54) is 34.3 Å². The van der Waals surface area contributed by atoms with Crippen LogP contribution in [-0.4, -0.2) is 106 Å². The van der Waals surface area contributed by atoms with Crippen molar-refractivity contribution in [1.29, 1.82) is 0 Å². The van der Waals surface area contributed by atoms with Crippen LogP contribution in [0.2, 0.25) is 0 Å². The fraction of sp³-hybridized carbons (Fsp3) is 0.417. The van der Waals surface area contributed by atoms with E-state index < -0.39 is 42.0 Å². The predicted octanol–water partition coefficient (Wildman–Crippen LogP) is 3.07. The average Bonchev–Trinajstić information content (AvgIpc) is 3.82. The van der Waals surface area contributed by atoms with E-state index in [9.17, 15) is 24.3 Å². The molecule has 264 valence electrons. The number of aliphatic hydroxyl groups excluding tert-OH is 1. The van der Waals surface area contributed by atoms with Crippen LogP contribution in [0.5, 0.6) is 11.5 Å². The van der Waals surface area contributed by atoms with Gasteiger partial charge in [0.25, 0.3) is 17.7 Å². The summed E-state index contributed by atoms with van der Waals surface area (Å²) < 4.78 is 13.5. The van der Waals surface area contributed by atoms with Gasteiger partial charge in [-0.25, -0.2) is 0 Å². The number of methoxy groups -OCH3 is 1. The SMILES string of the molecule is COc1ccc2cc1O[C@@H](C(=O)N1CC[C@@H](O)C1)[C@H](C)NC(=O)CN(C(=O)c1cc3c(-c4ccccc4)nn(C)c3s1)C[C@H](C(C)C)NC2=O. The fourth-order valence-electron chi connectivity index (χ4n) is 6.33. The lowest BCUT2D eigenvalue weighted by atomic mass is 10.0. The Morgan fingerprint density at radius 2 is 1.80 bits per heavy atom. The van der Waals surface area contributed by atoms with Gasteiger partial charge in [-0.05, 0) is 43.5 Å². The minimum atomic E-state index is -1.22. The number of ether oxygens (including phenoxy) is 2. The number of aryl methyl sites for hydroxylation is 1. The molecule has 3 N–H and O–H groups in total. The summed E-state index contributed by atoms with van der Waals surface area (Å²) in [5, 5.41) is 21.6.